The lowest BCUT2D eigenvalue weighted by Crippen LogP contribution is -2.42. The molecule has 4 heteroatoms. The minimum absolute atomic E-state index is 0.0660. The van der Waals surface area contributed by atoms with Crippen molar-refractivity contribution >= 4 is 17.7 Å². The van der Waals surface area contributed by atoms with Gasteiger partial charge in [0.2, 0.25) is 5.91 Å². The maximum absolute atomic E-state index is 11.5. The number of nitrogens with one attached hydrogen (secondary N) is 2. The number of unbranched alkanes of at least 4 members (excludes halogenated alkanes) is 1. The van der Waals surface area contributed by atoms with E-state index in [-0.39, 0.29) is 11.9 Å². The van der Waals surface area contributed by atoms with Gasteiger partial charge in [0.25, 0.3) is 0 Å². The molecule has 1 unspecified atom stereocenters. The van der Waals surface area contributed by atoms with E-state index in [9.17, 15) is 4.79 Å². The Morgan fingerprint density at radius 3 is 2.67 bits per heavy atom. The summed E-state index contributed by atoms with van der Waals surface area (Å²) in [6, 6.07) is -0.0660. The molecular formula is C11H24N2OS. The first-order valence-corrected chi connectivity index (χ1v) is 7.11. The number of hydrogen-bond acceptors (Lipinski definition) is 3. The highest BCUT2D eigenvalue weighted by Gasteiger charge is 2.09. The molecule has 0 aliphatic carbocycles. The molecule has 0 saturated heterocycles. The molecule has 0 radical (unpaired) electrons. The number of rotatable bonds is 9. The van der Waals surface area contributed by atoms with Gasteiger partial charge in [-0.1, -0.05) is 13.3 Å². The zero-order valence-electron chi connectivity index (χ0n) is 10.1. The van der Waals surface area contributed by atoms with E-state index >= 15 is 0 Å². The third-order valence-corrected chi connectivity index (χ3v) is 2.90. The molecule has 3 nitrogen and oxygen atoms in total. The summed E-state index contributed by atoms with van der Waals surface area (Å²) in [5.41, 5.74) is 0. The first kappa shape index (κ1) is 14.8. The monoisotopic (exact) mass is 232 g/mol. The van der Waals surface area contributed by atoms with E-state index in [1.165, 1.54) is 0 Å². The molecule has 1 atom stereocenters. The van der Waals surface area contributed by atoms with Crippen LogP contribution in [0.4, 0.5) is 0 Å². The van der Waals surface area contributed by atoms with E-state index in [2.05, 4.69) is 23.8 Å². The molecule has 2 N–H and O–H groups in total. The van der Waals surface area contributed by atoms with Gasteiger partial charge in [-0.15, -0.1) is 0 Å². The summed E-state index contributed by atoms with van der Waals surface area (Å²) < 4.78 is 0. The smallest absolute Gasteiger partial charge is 0.236 e. The Labute approximate surface area is 97.8 Å². The average Bonchev–Trinajstić information content (AvgIpc) is 2.24. The molecule has 0 aromatic carbocycles. The summed E-state index contributed by atoms with van der Waals surface area (Å²) in [5.74, 6) is 1.27. The van der Waals surface area contributed by atoms with Gasteiger partial charge in [-0.3, -0.25) is 4.79 Å². The topological polar surface area (TPSA) is 41.1 Å². The summed E-state index contributed by atoms with van der Waals surface area (Å²) in [7, 11) is 0. The van der Waals surface area contributed by atoms with Gasteiger partial charge in [0, 0.05) is 6.54 Å². The van der Waals surface area contributed by atoms with Gasteiger partial charge >= 0.3 is 0 Å². The van der Waals surface area contributed by atoms with E-state index in [1.54, 1.807) is 0 Å². The van der Waals surface area contributed by atoms with Crippen molar-refractivity contribution in [3.8, 4) is 0 Å². The van der Waals surface area contributed by atoms with Crippen molar-refractivity contribution in [1.82, 2.24) is 10.6 Å². The molecule has 0 spiro atoms. The largest absolute Gasteiger partial charge is 0.355 e. The number of thioether (sulfide) groups is 1. The van der Waals surface area contributed by atoms with Crippen LogP contribution in [0.15, 0.2) is 0 Å². The minimum atomic E-state index is -0.0660. The van der Waals surface area contributed by atoms with Gasteiger partial charge in [-0.05, 0) is 38.3 Å². The number of amides is 1. The highest BCUT2D eigenvalue weighted by molar-refractivity contribution is 7.98. The third kappa shape index (κ3) is 8.75. The fourth-order valence-corrected chi connectivity index (χ4v) is 1.60. The lowest BCUT2D eigenvalue weighted by Gasteiger charge is -2.13. The molecule has 0 saturated carbocycles. The Bertz CT molecular complexity index is 165. The van der Waals surface area contributed by atoms with E-state index in [4.69, 9.17) is 0 Å². The van der Waals surface area contributed by atoms with Gasteiger partial charge in [0.15, 0.2) is 0 Å². The highest BCUT2D eigenvalue weighted by Crippen LogP contribution is 1.94. The molecule has 1 amide bonds. The van der Waals surface area contributed by atoms with Crippen LogP contribution in [0.3, 0.4) is 0 Å². The standard InChI is InChI=1S/C11H24N2OS/c1-4-5-7-13-11(14)10(2)12-8-6-9-15-3/h10,12H,4-9H2,1-3H3,(H,13,14). The fourth-order valence-electron chi connectivity index (χ4n) is 1.17. The van der Waals surface area contributed by atoms with Crippen LogP contribution in [-0.4, -0.2) is 37.0 Å². The maximum Gasteiger partial charge on any atom is 0.236 e. The fraction of sp³-hybridized carbons (Fsp3) is 0.909. The van der Waals surface area contributed by atoms with Gasteiger partial charge < -0.3 is 10.6 Å². The Morgan fingerprint density at radius 1 is 1.33 bits per heavy atom. The van der Waals surface area contributed by atoms with Crippen LogP contribution in [0, 0.1) is 0 Å². The molecule has 0 aromatic rings. The van der Waals surface area contributed by atoms with Crippen LogP contribution >= 0.6 is 11.8 Å². The van der Waals surface area contributed by atoms with Gasteiger partial charge in [-0.2, -0.15) is 11.8 Å². The van der Waals surface area contributed by atoms with E-state index < -0.39 is 0 Å². The van der Waals surface area contributed by atoms with Crippen molar-refractivity contribution in [2.75, 3.05) is 25.1 Å². The van der Waals surface area contributed by atoms with Crippen LogP contribution in [0.1, 0.15) is 33.1 Å². The van der Waals surface area contributed by atoms with Crippen molar-refractivity contribution in [1.29, 1.82) is 0 Å². The predicted octanol–water partition coefficient (Wildman–Crippen LogP) is 1.63. The van der Waals surface area contributed by atoms with Crippen LogP contribution in [0.25, 0.3) is 0 Å². The third-order valence-electron chi connectivity index (χ3n) is 2.20. The van der Waals surface area contributed by atoms with Crippen molar-refractivity contribution < 1.29 is 4.79 Å². The molecule has 90 valence electrons. The normalized spacial score (nSPS) is 12.5. The first-order chi connectivity index (χ1) is 7.22. The molecule has 15 heavy (non-hydrogen) atoms. The summed E-state index contributed by atoms with van der Waals surface area (Å²) in [6.45, 7) is 5.76. The zero-order valence-corrected chi connectivity index (χ0v) is 11.0. The van der Waals surface area contributed by atoms with Crippen LogP contribution < -0.4 is 10.6 Å². The van der Waals surface area contributed by atoms with Crippen LogP contribution in [0.2, 0.25) is 0 Å². The number of carbonyl (C=O) groups excluding carboxylic acids is 1. The summed E-state index contributed by atoms with van der Waals surface area (Å²) in [5, 5.41) is 6.14. The second kappa shape index (κ2) is 10.3. The van der Waals surface area contributed by atoms with Gasteiger partial charge in [0.05, 0.1) is 6.04 Å². The van der Waals surface area contributed by atoms with Gasteiger partial charge in [0.1, 0.15) is 0 Å². The SMILES string of the molecule is CCCCNC(=O)C(C)NCCCSC. The summed E-state index contributed by atoms with van der Waals surface area (Å²) in [4.78, 5) is 11.5. The van der Waals surface area contributed by atoms with Crippen molar-refractivity contribution in [2.45, 2.75) is 39.2 Å². The summed E-state index contributed by atoms with van der Waals surface area (Å²) in [6.07, 6.45) is 5.40. The molecule has 0 bridgehead atoms. The highest BCUT2D eigenvalue weighted by atomic mass is 32.2. The van der Waals surface area contributed by atoms with Gasteiger partial charge in [-0.25, -0.2) is 0 Å². The van der Waals surface area contributed by atoms with Crippen LogP contribution in [0.5, 0.6) is 0 Å². The molecule has 0 aliphatic heterocycles. The van der Waals surface area contributed by atoms with E-state index in [0.29, 0.717) is 0 Å². The molecule has 0 heterocycles. The quantitative estimate of drug-likeness (QED) is 0.594. The molecule has 0 fully saturated rings. The van der Waals surface area contributed by atoms with E-state index in [0.717, 1.165) is 38.1 Å². The van der Waals surface area contributed by atoms with Crippen molar-refractivity contribution in [3.63, 3.8) is 0 Å². The Hall–Kier alpha value is -0.220. The Balaban J connectivity index is 3.42. The molecule has 0 aromatic heterocycles. The second-order valence-corrected chi connectivity index (χ2v) is 4.65. The lowest BCUT2D eigenvalue weighted by molar-refractivity contribution is -0.122. The number of carbonyl (C=O) groups is 1. The predicted molar refractivity (Wildman–Crippen MR) is 68.4 cm³/mol. The average molecular weight is 232 g/mol. The zero-order chi connectivity index (χ0) is 11.5. The maximum atomic E-state index is 11.5. The first-order valence-electron chi connectivity index (χ1n) is 5.72. The number of hydrogen-bond donors (Lipinski definition) is 2. The van der Waals surface area contributed by atoms with Crippen molar-refractivity contribution in [2.24, 2.45) is 0 Å². The van der Waals surface area contributed by atoms with Crippen molar-refractivity contribution in [3.05, 3.63) is 0 Å². The second-order valence-electron chi connectivity index (χ2n) is 3.67. The lowest BCUT2D eigenvalue weighted by atomic mass is 10.3. The molecule has 0 aliphatic rings. The molecule has 0 rings (SSSR count). The van der Waals surface area contributed by atoms with E-state index in [1.807, 2.05) is 18.7 Å². The Kier molecular flexibility index (Phi) is 10.2. The summed E-state index contributed by atoms with van der Waals surface area (Å²) >= 11 is 1.84. The Morgan fingerprint density at radius 2 is 2.07 bits per heavy atom. The van der Waals surface area contributed by atoms with Crippen LogP contribution in [-0.2, 0) is 4.79 Å². The minimum Gasteiger partial charge on any atom is -0.355 e. The molecular weight excluding hydrogens is 208 g/mol.